The Morgan fingerprint density at radius 2 is 2.29 bits per heavy atom. The monoisotopic (exact) mass is 255 g/mol. The van der Waals surface area contributed by atoms with E-state index >= 15 is 0 Å². The number of amides is 1. The Hall–Kier alpha value is -1.80. The highest BCUT2D eigenvalue weighted by molar-refractivity contribution is 7.80. The van der Waals surface area contributed by atoms with Gasteiger partial charge in [-0.15, -0.1) is 0 Å². The van der Waals surface area contributed by atoms with E-state index in [1.54, 1.807) is 12.3 Å². The molecule has 0 bridgehead atoms. The van der Waals surface area contributed by atoms with E-state index in [4.69, 9.17) is 28.4 Å². The van der Waals surface area contributed by atoms with Crippen LogP contribution in [0.4, 0.5) is 5.95 Å². The van der Waals surface area contributed by atoms with Crippen LogP contribution in [-0.2, 0) is 9.53 Å². The van der Waals surface area contributed by atoms with Crippen LogP contribution >= 0.6 is 12.2 Å². The summed E-state index contributed by atoms with van der Waals surface area (Å²) in [6.07, 6.45) is 1.55. The Morgan fingerprint density at radius 1 is 1.53 bits per heavy atom. The minimum Gasteiger partial charge on any atom is -0.388 e. The number of nitrogens with one attached hydrogen (secondary N) is 1. The number of nitrogens with two attached hydrogens (primary N) is 2. The lowest BCUT2D eigenvalue weighted by Crippen LogP contribution is -2.21. The van der Waals surface area contributed by atoms with E-state index in [1.165, 1.54) is 0 Å². The number of carbonyl (C=O) groups excluding carboxylic acids is 1. The van der Waals surface area contributed by atoms with Crippen molar-refractivity contribution < 1.29 is 9.53 Å². The van der Waals surface area contributed by atoms with Crippen molar-refractivity contribution in [3.8, 4) is 0 Å². The zero-order chi connectivity index (χ0) is 12.7. The quantitative estimate of drug-likeness (QED) is 0.423. The number of hydrogen-bond acceptors (Lipinski definition) is 6. The summed E-state index contributed by atoms with van der Waals surface area (Å²) >= 11 is 4.79. The van der Waals surface area contributed by atoms with Gasteiger partial charge in [0.1, 0.15) is 17.3 Å². The van der Waals surface area contributed by atoms with Crippen molar-refractivity contribution in [1.29, 1.82) is 0 Å². The van der Waals surface area contributed by atoms with Crippen molar-refractivity contribution in [2.45, 2.75) is 0 Å². The molecule has 1 heterocycles. The van der Waals surface area contributed by atoms with Gasteiger partial charge in [0.25, 0.3) is 0 Å². The van der Waals surface area contributed by atoms with Gasteiger partial charge in [-0.3, -0.25) is 4.79 Å². The topological polar surface area (TPSA) is 116 Å². The first-order valence-corrected chi connectivity index (χ1v) is 5.23. The third-order valence-corrected chi connectivity index (χ3v) is 1.89. The fraction of sp³-hybridized carbons (Fsp3) is 0.333. The molecule has 0 aliphatic heterocycles. The molecular formula is C9H13N5O2S. The van der Waals surface area contributed by atoms with Crippen LogP contribution in [0.15, 0.2) is 12.3 Å². The molecule has 0 aliphatic carbocycles. The summed E-state index contributed by atoms with van der Waals surface area (Å²) in [5, 5.41) is 2.90. The van der Waals surface area contributed by atoms with Crippen LogP contribution in [0.5, 0.6) is 0 Å². The van der Waals surface area contributed by atoms with Crippen molar-refractivity contribution in [3.63, 3.8) is 0 Å². The molecule has 92 valence electrons. The summed E-state index contributed by atoms with van der Waals surface area (Å²) in [5.74, 6) is -0.102. The highest BCUT2D eigenvalue weighted by Gasteiger charge is 2.01. The number of rotatable bonds is 7. The van der Waals surface area contributed by atoms with E-state index in [1.807, 2.05) is 0 Å². The van der Waals surface area contributed by atoms with E-state index in [0.717, 1.165) is 0 Å². The SMILES string of the molecule is NC(=O)COCCNc1nccc(C(N)=S)n1. The third kappa shape index (κ3) is 5.18. The maximum absolute atomic E-state index is 10.4. The van der Waals surface area contributed by atoms with Gasteiger partial charge in [-0.25, -0.2) is 9.97 Å². The lowest BCUT2D eigenvalue weighted by atomic mass is 10.4. The lowest BCUT2D eigenvalue weighted by Gasteiger charge is -2.05. The van der Waals surface area contributed by atoms with E-state index < -0.39 is 5.91 Å². The summed E-state index contributed by atoms with van der Waals surface area (Å²) in [4.78, 5) is 18.6. The Labute approximate surface area is 104 Å². The van der Waals surface area contributed by atoms with Crippen molar-refractivity contribution in [2.24, 2.45) is 11.5 Å². The molecular weight excluding hydrogens is 242 g/mol. The molecule has 8 heteroatoms. The molecule has 0 aromatic carbocycles. The molecule has 0 saturated carbocycles. The third-order valence-electron chi connectivity index (χ3n) is 1.68. The van der Waals surface area contributed by atoms with Gasteiger partial charge in [0.05, 0.1) is 6.61 Å². The van der Waals surface area contributed by atoms with Crippen LogP contribution in [0.2, 0.25) is 0 Å². The number of anilines is 1. The maximum Gasteiger partial charge on any atom is 0.243 e. The van der Waals surface area contributed by atoms with Gasteiger partial charge in [0.15, 0.2) is 0 Å². The normalized spacial score (nSPS) is 9.88. The molecule has 0 unspecified atom stereocenters. The number of aromatic nitrogens is 2. The molecule has 1 amide bonds. The Balaban J connectivity index is 2.34. The average Bonchev–Trinajstić information content (AvgIpc) is 2.28. The number of nitrogens with zero attached hydrogens (tertiary/aromatic N) is 2. The van der Waals surface area contributed by atoms with Gasteiger partial charge >= 0.3 is 0 Å². The molecule has 0 spiro atoms. The smallest absolute Gasteiger partial charge is 0.243 e. The number of carbonyl (C=O) groups is 1. The first kappa shape index (κ1) is 13.3. The van der Waals surface area contributed by atoms with E-state index in [2.05, 4.69) is 15.3 Å². The zero-order valence-corrected chi connectivity index (χ0v) is 9.87. The summed E-state index contributed by atoms with van der Waals surface area (Å²) in [7, 11) is 0. The first-order valence-electron chi connectivity index (χ1n) is 4.82. The summed E-state index contributed by atoms with van der Waals surface area (Å²) in [5.41, 5.74) is 10.8. The van der Waals surface area contributed by atoms with E-state index in [-0.39, 0.29) is 11.6 Å². The summed E-state index contributed by atoms with van der Waals surface area (Å²) < 4.78 is 4.95. The van der Waals surface area contributed by atoms with Crippen LogP contribution in [0.3, 0.4) is 0 Å². The average molecular weight is 255 g/mol. The van der Waals surface area contributed by atoms with Crippen LogP contribution in [-0.4, -0.2) is 40.6 Å². The van der Waals surface area contributed by atoms with Gasteiger partial charge in [-0.05, 0) is 6.07 Å². The number of primary amides is 1. The minimum atomic E-state index is -0.503. The van der Waals surface area contributed by atoms with Gasteiger partial charge in [-0.1, -0.05) is 12.2 Å². The van der Waals surface area contributed by atoms with E-state index in [9.17, 15) is 4.79 Å². The Bertz CT molecular complexity index is 412. The van der Waals surface area contributed by atoms with Crippen LogP contribution in [0, 0.1) is 0 Å². The standard InChI is InChI=1S/C9H13N5O2S/c10-7(15)5-16-4-3-13-9-12-2-1-6(14-9)8(11)17/h1-2H,3-5H2,(H2,10,15)(H2,11,17)(H,12,13,14). The van der Waals surface area contributed by atoms with Gasteiger partial charge in [-0.2, -0.15) is 0 Å². The molecule has 0 fully saturated rings. The summed E-state index contributed by atoms with van der Waals surface area (Å²) in [6, 6.07) is 1.62. The molecule has 1 aromatic heterocycles. The molecule has 1 rings (SSSR count). The Kier molecular flexibility index (Phi) is 5.24. The van der Waals surface area contributed by atoms with Gasteiger partial charge < -0.3 is 21.5 Å². The molecule has 5 N–H and O–H groups in total. The molecule has 0 atom stereocenters. The second-order valence-corrected chi connectivity index (χ2v) is 3.52. The van der Waals surface area contributed by atoms with Crippen molar-refractivity contribution in [1.82, 2.24) is 9.97 Å². The van der Waals surface area contributed by atoms with Crippen molar-refractivity contribution in [3.05, 3.63) is 18.0 Å². The molecule has 0 saturated heterocycles. The fourth-order valence-electron chi connectivity index (χ4n) is 0.989. The second kappa shape index (κ2) is 6.71. The summed E-state index contributed by atoms with van der Waals surface area (Å²) in [6.45, 7) is 0.674. The highest BCUT2D eigenvalue weighted by Crippen LogP contribution is 1.99. The first-order chi connectivity index (χ1) is 8.09. The van der Waals surface area contributed by atoms with Crippen LogP contribution in [0.25, 0.3) is 0 Å². The second-order valence-electron chi connectivity index (χ2n) is 3.08. The molecule has 17 heavy (non-hydrogen) atoms. The predicted molar refractivity (Wildman–Crippen MR) is 66.4 cm³/mol. The Morgan fingerprint density at radius 3 is 2.94 bits per heavy atom. The van der Waals surface area contributed by atoms with Gasteiger partial charge in [0, 0.05) is 12.7 Å². The van der Waals surface area contributed by atoms with E-state index in [0.29, 0.717) is 24.8 Å². The molecule has 0 aliphatic rings. The van der Waals surface area contributed by atoms with Crippen LogP contribution < -0.4 is 16.8 Å². The number of thiocarbonyl (C=S) groups is 1. The maximum atomic E-state index is 10.4. The van der Waals surface area contributed by atoms with Crippen molar-refractivity contribution in [2.75, 3.05) is 25.1 Å². The predicted octanol–water partition coefficient (Wildman–Crippen LogP) is -0.975. The van der Waals surface area contributed by atoms with Crippen LogP contribution in [0.1, 0.15) is 5.69 Å². The fourth-order valence-corrected chi connectivity index (χ4v) is 1.10. The molecule has 7 nitrogen and oxygen atoms in total. The molecule has 1 aromatic rings. The number of ether oxygens (including phenoxy) is 1. The highest BCUT2D eigenvalue weighted by atomic mass is 32.1. The largest absolute Gasteiger partial charge is 0.388 e. The van der Waals surface area contributed by atoms with Crippen molar-refractivity contribution >= 4 is 29.1 Å². The lowest BCUT2D eigenvalue weighted by molar-refractivity contribution is -0.122. The minimum absolute atomic E-state index is 0.102. The number of hydrogen-bond donors (Lipinski definition) is 3. The molecule has 0 radical (unpaired) electrons. The van der Waals surface area contributed by atoms with Gasteiger partial charge in [0.2, 0.25) is 11.9 Å². The zero-order valence-electron chi connectivity index (χ0n) is 9.05.